The predicted molar refractivity (Wildman–Crippen MR) is 134 cm³/mol. The molecular formula is C25H55N3O3. The lowest BCUT2D eigenvalue weighted by molar-refractivity contribution is -0.139. The van der Waals surface area contributed by atoms with E-state index in [0.29, 0.717) is 32.7 Å². The molecule has 0 rings (SSSR count). The molecule has 31 heavy (non-hydrogen) atoms. The molecule has 188 valence electrons. The molecule has 0 bridgehead atoms. The van der Waals surface area contributed by atoms with Crippen molar-refractivity contribution >= 4 is 12.2 Å². The van der Waals surface area contributed by atoms with Gasteiger partial charge in [0.15, 0.2) is 0 Å². The van der Waals surface area contributed by atoms with E-state index >= 15 is 0 Å². The van der Waals surface area contributed by atoms with E-state index in [0.717, 1.165) is 32.2 Å². The Balaban J connectivity index is -0.000000733. The first kappa shape index (κ1) is 34.6. The molecule has 0 fully saturated rings. The summed E-state index contributed by atoms with van der Waals surface area (Å²) in [7, 11) is 2.12. The number of carbonyl (C=O) groups is 2. The number of unbranched alkanes of at least 4 members (excludes halogenated alkanes) is 3. The van der Waals surface area contributed by atoms with Crippen LogP contribution >= 0.6 is 0 Å². The molecule has 0 heterocycles. The standard InChI is InChI=1S/C17H37N3O2.C6H12O.C2H6/c1-8-19(7)12-16(3,4)13-22-14-17(5,6)20(9-2)15(21)10-11-18;1-2-3-4-5-6-7;1-2/h8-14,18H2,1-7H3;6H,2-5H2,1H3;1-2H3. The topological polar surface area (TPSA) is 75.9 Å². The average Bonchev–Trinajstić information content (AvgIpc) is 2.70. The minimum absolute atomic E-state index is 0.0964. The van der Waals surface area contributed by atoms with E-state index in [1.165, 1.54) is 12.8 Å². The lowest BCUT2D eigenvalue weighted by Crippen LogP contribution is -2.51. The maximum absolute atomic E-state index is 12.1. The van der Waals surface area contributed by atoms with Gasteiger partial charge in [0.2, 0.25) is 5.91 Å². The third-order valence-corrected chi connectivity index (χ3v) is 4.82. The molecule has 1 amide bonds. The van der Waals surface area contributed by atoms with Gasteiger partial charge in [-0.25, -0.2) is 0 Å². The fraction of sp³-hybridized carbons (Fsp3) is 0.920. The summed E-state index contributed by atoms with van der Waals surface area (Å²) in [6.07, 6.45) is 5.58. The summed E-state index contributed by atoms with van der Waals surface area (Å²) in [6.45, 7) is 23.1. The first-order chi connectivity index (χ1) is 14.5. The summed E-state index contributed by atoms with van der Waals surface area (Å²) in [5, 5.41) is 0. The van der Waals surface area contributed by atoms with Crippen molar-refractivity contribution < 1.29 is 14.3 Å². The fourth-order valence-corrected chi connectivity index (χ4v) is 3.22. The molecule has 0 aromatic carbocycles. The van der Waals surface area contributed by atoms with Gasteiger partial charge in [0.1, 0.15) is 6.29 Å². The van der Waals surface area contributed by atoms with Crippen molar-refractivity contribution in [3.05, 3.63) is 0 Å². The molecule has 0 aromatic rings. The number of amides is 1. The Morgan fingerprint density at radius 2 is 1.58 bits per heavy atom. The molecule has 0 aliphatic rings. The third-order valence-electron chi connectivity index (χ3n) is 4.82. The van der Waals surface area contributed by atoms with Gasteiger partial charge in [-0.3, -0.25) is 4.79 Å². The second kappa shape index (κ2) is 20.9. The molecule has 6 heteroatoms. The number of rotatable bonds is 15. The molecule has 0 saturated heterocycles. The highest BCUT2D eigenvalue weighted by molar-refractivity contribution is 5.77. The van der Waals surface area contributed by atoms with Crippen LogP contribution in [0.1, 0.15) is 94.4 Å². The third kappa shape index (κ3) is 19.4. The van der Waals surface area contributed by atoms with E-state index < -0.39 is 0 Å². The van der Waals surface area contributed by atoms with E-state index in [1.807, 2.05) is 25.7 Å². The van der Waals surface area contributed by atoms with Gasteiger partial charge in [-0.1, -0.05) is 54.4 Å². The molecule has 6 nitrogen and oxygen atoms in total. The highest BCUT2D eigenvalue weighted by Gasteiger charge is 2.30. The normalized spacial score (nSPS) is 11.2. The summed E-state index contributed by atoms with van der Waals surface area (Å²) >= 11 is 0. The molecule has 0 atom stereocenters. The van der Waals surface area contributed by atoms with E-state index in [2.05, 4.69) is 53.5 Å². The van der Waals surface area contributed by atoms with Crippen molar-refractivity contribution in [1.82, 2.24) is 9.80 Å². The predicted octanol–water partition coefficient (Wildman–Crippen LogP) is 4.75. The number of hydrogen-bond donors (Lipinski definition) is 1. The van der Waals surface area contributed by atoms with Crippen LogP contribution in [0.4, 0.5) is 0 Å². The number of ether oxygens (including phenoxy) is 1. The molecule has 0 aliphatic heterocycles. The summed E-state index contributed by atoms with van der Waals surface area (Å²) < 4.78 is 5.97. The Bertz CT molecular complexity index is 426. The minimum atomic E-state index is -0.312. The summed E-state index contributed by atoms with van der Waals surface area (Å²) in [5.41, 5.74) is 5.28. The first-order valence-electron chi connectivity index (χ1n) is 12.2. The van der Waals surface area contributed by atoms with Gasteiger partial charge in [-0.15, -0.1) is 0 Å². The van der Waals surface area contributed by atoms with E-state index in [9.17, 15) is 9.59 Å². The SMILES string of the molecule is CC.CCCCCC=O.CCN(C)CC(C)(C)COCC(C)(C)N(CC)C(=O)CCN. The zero-order valence-corrected chi connectivity index (χ0v) is 22.6. The maximum atomic E-state index is 12.1. The van der Waals surface area contributed by atoms with Crippen LogP contribution in [0.15, 0.2) is 0 Å². The quantitative estimate of drug-likeness (QED) is 0.291. The van der Waals surface area contributed by atoms with Crippen LogP contribution in [0.3, 0.4) is 0 Å². The molecule has 0 unspecified atom stereocenters. The molecule has 2 N–H and O–H groups in total. The summed E-state index contributed by atoms with van der Waals surface area (Å²) in [6, 6.07) is 0. The van der Waals surface area contributed by atoms with E-state index in [4.69, 9.17) is 10.5 Å². The van der Waals surface area contributed by atoms with Crippen molar-refractivity contribution in [2.45, 2.75) is 100.0 Å². The van der Waals surface area contributed by atoms with Crippen LogP contribution in [0.5, 0.6) is 0 Å². The monoisotopic (exact) mass is 445 g/mol. The van der Waals surface area contributed by atoms with Gasteiger partial charge in [-0.2, -0.15) is 0 Å². The van der Waals surface area contributed by atoms with Crippen molar-refractivity contribution in [3.63, 3.8) is 0 Å². The van der Waals surface area contributed by atoms with Crippen LogP contribution in [0.25, 0.3) is 0 Å². The highest BCUT2D eigenvalue weighted by Crippen LogP contribution is 2.20. The van der Waals surface area contributed by atoms with Crippen molar-refractivity contribution in [3.8, 4) is 0 Å². The lowest BCUT2D eigenvalue weighted by atomic mass is 9.94. The number of nitrogens with zero attached hydrogens (tertiary/aromatic N) is 2. The van der Waals surface area contributed by atoms with Gasteiger partial charge in [0.05, 0.1) is 18.8 Å². The highest BCUT2D eigenvalue weighted by atomic mass is 16.5. The zero-order valence-electron chi connectivity index (χ0n) is 22.6. The van der Waals surface area contributed by atoms with Gasteiger partial charge in [-0.05, 0) is 40.8 Å². The second-order valence-corrected chi connectivity index (χ2v) is 9.14. The number of likely N-dealkylation sites (N-methyl/N-ethyl adjacent to an activating group) is 1. The van der Waals surface area contributed by atoms with Crippen molar-refractivity contribution in [2.24, 2.45) is 11.1 Å². The Morgan fingerprint density at radius 1 is 1.00 bits per heavy atom. The molecule has 0 aliphatic carbocycles. The smallest absolute Gasteiger partial charge is 0.224 e. The van der Waals surface area contributed by atoms with Crippen molar-refractivity contribution in [1.29, 1.82) is 0 Å². The number of hydrogen-bond acceptors (Lipinski definition) is 5. The Hall–Kier alpha value is -0.980. The number of carbonyl (C=O) groups excluding carboxylic acids is 2. The minimum Gasteiger partial charge on any atom is -0.378 e. The number of aldehydes is 1. The average molecular weight is 446 g/mol. The van der Waals surface area contributed by atoms with Crippen LogP contribution in [-0.4, -0.2) is 74.0 Å². The van der Waals surface area contributed by atoms with Gasteiger partial charge in [0.25, 0.3) is 0 Å². The maximum Gasteiger partial charge on any atom is 0.224 e. The first-order valence-corrected chi connectivity index (χ1v) is 12.2. The second-order valence-electron chi connectivity index (χ2n) is 9.14. The molecule has 0 aromatic heterocycles. The van der Waals surface area contributed by atoms with Gasteiger partial charge >= 0.3 is 0 Å². The largest absolute Gasteiger partial charge is 0.378 e. The van der Waals surface area contributed by atoms with Crippen LogP contribution in [0.2, 0.25) is 0 Å². The summed E-state index contributed by atoms with van der Waals surface area (Å²) in [5.74, 6) is 0.101. The molecular weight excluding hydrogens is 390 g/mol. The Morgan fingerprint density at radius 3 is 2.00 bits per heavy atom. The zero-order chi connectivity index (χ0) is 24.9. The lowest BCUT2D eigenvalue weighted by Gasteiger charge is -2.39. The Kier molecular flexibility index (Phi) is 23.3. The fourth-order valence-electron chi connectivity index (χ4n) is 3.22. The van der Waals surface area contributed by atoms with Crippen LogP contribution < -0.4 is 5.73 Å². The van der Waals surface area contributed by atoms with Gasteiger partial charge < -0.3 is 25.1 Å². The molecule has 0 radical (unpaired) electrons. The number of nitrogens with two attached hydrogens (primary N) is 1. The summed E-state index contributed by atoms with van der Waals surface area (Å²) in [4.78, 5) is 26.0. The Labute approximate surface area is 194 Å². The van der Waals surface area contributed by atoms with Crippen LogP contribution in [0, 0.1) is 5.41 Å². The van der Waals surface area contributed by atoms with Crippen LogP contribution in [-0.2, 0) is 14.3 Å². The van der Waals surface area contributed by atoms with E-state index in [1.54, 1.807) is 0 Å². The van der Waals surface area contributed by atoms with E-state index in [-0.39, 0.29) is 16.9 Å². The van der Waals surface area contributed by atoms with Crippen molar-refractivity contribution in [2.75, 3.05) is 46.4 Å². The molecule has 0 saturated carbocycles. The van der Waals surface area contributed by atoms with Gasteiger partial charge in [0, 0.05) is 37.9 Å². The molecule has 0 spiro atoms.